The van der Waals surface area contributed by atoms with Crippen LogP contribution in [0.15, 0.2) is 36.8 Å². The third-order valence-corrected chi connectivity index (χ3v) is 2.21. The minimum absolute atomic E-state index is 0.646. The second kappa shape index (κ2) is 3.66. The minimum Gasteiger partial charge on any atom is -0.340 e. The molecule has 0 saturated heterocycles. The SMILES string of the molecule is Cn1cnc(-c2ccc(C(F)(F)F)cc2)c1. The van der Waals surface area contributed by atoms with Gasteiger partial charge in [-0.05, 0) is 12.1 Å². The summed E-state index contributed by atoms with van der Waals surface area (Å²) in [6, 6.07) is 4.96. The predicted octanol–water partition coefficient (Wildman–Crippen LogP) is 3.11. The molecule has 0 saturated carbocycles. The number of rotatable bonds is 1. The predicted molar refractivity (Wildman–Crippen MR) is 53.6 cm³/mol. The lowest BCUT2D eigenvalue weighted by molar-refractivity contribution is -0.137. The van der Waals surface area contributed by atoms with Crippen LogP contribution in [0.5, 0.6) is 0 Å². The van der Waals surface area contributed by atoms with Crippen LogP contribution in [0.3, 0.4) is 0 Å². The van der Waals surface area contributed by atoms with Gasteiger partial charge in [0.2, 0.25) is 0 Å². The van der Waals surface area contributed by atoms with Gasteiger partial charge in [0.05, 0.1) is 17.6 Å². The van der Waals surface area contributed by atoms with Crippen molar-refractivity contribution in [2.45, 2.75) is 6.18 Å². The molecule has 0 bridgehead atoms. The summed E-state index contributed by atoms with van der Waals surface area (Å²) in [6.07, 6.45) is -0.932. The van der Waals surface area contributed by atoms with Gasteiger partial charge in [-0.3, -0.25) is 0 Å². The molecule has 1 aromatic heterocycles. The maximum Gasteiger partial charge on any atom is 0.416 e. The van der Waals surface area contributed by atoms with Crippen molar-refractivity contribution in [1.29, 1.82) is 0 Å². The molecule has 0 spiro atoms. The van der Waals surface area contributed by atoms with E-state index in [0.29, 0.717) is 11.3 Å². The average molecular weight is 226 g/mol. The Hall–Kier alpha value is -1.78. The van der Waals surface area contributed by atoms with Crippen molar-refractivity contribution in [3.63, 3.8) is 0 Å². The van der Waals surface area contributed by atoms with E-state index in [1.165, 1.54) is 12.1 Å². The van der Waals surface area contributed by atoms with E-state index in [1.807, 2.05) is 0 Å². The molecule has 84 valence electrons. The fraction of sp³-hybridized carbons (Fsp3) is 0.182. The molecule has 0 atom stereocenters. The van der Waals surface area contributed by atoms with Crippen molar-refractivity contribution in [3.8, 4) is 11.3 Å². The highest BCUT2D eigenvalue weighted by Crippen LogP contribution is 2.30. The van der Waals surface area contributed by atoms with E-state index in [-0.39, 0.29) is 0 Å². The van der Waals surface area contributed by atoms with Crippen LogP contribution in [0.2, 0.25) is 0 Å². The smallest absolute Gasteiger partial charge is 0.340 e. The number of benzene rings is 1. The lowest BCUT2D eigenvalue weighted by Crippen LogP contribution is -2.03. The van der Waals surface area contributed by atoms with Gasteiger partial charge >= 0.3 is 6.18 Å². The Labute approximate surface area is 90.4 Å². The van der Waals surface area contributed by atoms with E-state index in [0.717, 1.165) is 12.1 Å². The van der Waals surface area contributed by atoms with Crippen LogP contribution < -0.4 is 0 Å². The molecule has 16 heavy (non-hydrogen) atoms. The number of hydrogen-bond donors (Lipinski definition) is 0. The van der Waals surface area contributed by atoms with Crippen molar-refractivity contribution in [3.05, 3.63) is 42.4 Å². The van der Waals surface area contributed by atoms with Crippen molar-refractivity contribution in [2.24, 2.45) is 7.05 Å². The van der Waals surface area contributed by atoms with E-state index in [1.54, 1.807) is 24.1 Å². The van der Waals surface area contributed by atoms with Gasteiger partial charge in [0, 0.05) is 18.8 Å². The number of aromatic nitrogens is 2. The second-order valence-electron chi connectivity index (χ2n) is 3.50. The second-order valence-corrected chi connectivity index (χ2v) is 3.50. The quantitative estimate of drug-likeness (QED) is 0.730. The normalized spacial score (nSPS) is 11.8. The Bertz CT molecular complexity index is 483. The molecule has 1 heterocycles. The largest absolute Gasteiger partial charge is 0.416 e. The lowest BCUT2D eigenvalue weighted by atomic mass is 10.1. The first-order valence-electron chi connectivity index (χ1n) is 4.62. The summed E-state index contributed by atoms with van der Waals surface area (Å²) in [4.78, 5) is 4.06. The number of hydrogen-bond acceptors (Lipinski definition) is 1. The summed E-state index contributed by atoms with van der Waals surface area (Å²) in [7, 11) is 1.81. The highest BCUT2D eigenvalue weighted by Gasteiger charge is 2.29. The van der Waals surface area contributed by atoms with Crippen LogP contribution in [0.25, 0.3) is 11.3 Å². The lowest BCUT2D eigenvalue weighted by Gasteiger charge is -2.06. The molecule has 0 amide bonds. The molecule has 0 radical (unpaired) electrons. The van der Waals surface area contributed by atoms with E-state index >= 15 is 0 Å². The third-order valence-electron chi connectivity index (χ3n) is 2.21. The summed E-state index contributed by atoms with van der Waals surface area (Å²) in [5.41, 5.74) is 0.692. The molecule has 1 aromatic carbocycles. The van der Waals surface area contributed by atoms with Crippen LogP contribution in [-0.2, 0) is 13.2 Å². The Morgan fingerprint density at radius 2 is 1.75 bits per heavy atom. The van der Waals surface area contributed by atoms with Gasteiger partial charge < -0.3 is 4.57 Å². The maximum absolute atomic E-state index is 12.3. The van der Waals surface area contributed by atoms with Gasteiger partial charge in [-0.15, -0.1) is 0 Å². The molecule has 2 rings (SSSR count). The zero-order valence-corrected chi connectivity index (χ0v) is 8.49. The maximum atomic E-state index is 12.3. The Morgan fingerprint density at radius 3 is 2.19 bits per heavy atom. The van der Waals surface area contributed by atoms with Gasteiger partial charge in [0.25, 0.3) is 0 Å². The molecule has 5 heteroatoms. The zero-order valence-electron chi connectivity index (χ0n) is 8.49. The summed E-state index contributed by atoms with van der Waals surface area (Å²) in [5, 5.41) is 0. The molecule has 0 aliphatic rings. The van der Waals surface area contributed by atoms with Crippen molar-refractivity contribution >= 4 is 0 Å². The third kappa shape index (κ3) is 2.08. The average Bonchev–Trinajstić information content (AvgIpc) is 2.64. The Kier molecular flexibility index (Phi) is 2.46. The molecule has 2 aromatic rings. The molecule has 2 nitrogen and oxygen atoms in total. The first-order valence-corrected chi connectivity index (χ1v) is 4.62. The number of alkyl halides is 3. The summed E-state index contributed by atoms with van der Waals surface area (Å²) >= 11 is 0. The number of aryl methyl sites for hydroxylation is 1. The zero-order chi connectivity index (χ0) is 11.8. The molecular weight excluding hydrogens is 217 g/mol. The standard InChI is InChI=1S/C11H9F3N2/c1-16-6-10(15-7-16)8-2-4-9(5-3-8)11(12,13)14/h2-7H,1H3. The summed E-state index contributed by atoms with van der Waals surface area (Å²) < 4.78 is 38.7. The topological polar surface area (TPSA) is 17.8 Å². The fourth-order valence-corrected chi connectivity index (χ4v) is 1.39. The summed E-state index contributed by atoms with van der Waals surface area (Å²) in [6.45, 7) is 0. The van der Waals surface area contributed by atoms with Gasteiger partial charge in [0.15, 0.2) is 0 Å². The number of nitrogens with zero attached hydrogens (tertiary/aromatic N) is 2. The molecular formula is C11H9F3N2. The minimum atomic E-state index is -4.29. The Morgan fingerprint density at radius 1 is 1.12 bits per heavy atom. The molecule has 0 unspecified atom stereocenters. The Balaban J connectivity index is 2.33. The fourth-order valence-electron chi connectivity index (χ4n) is 1.39. The first-order chi connectivity index (χ1) is 7.47. The van der Waals surface area contributed by atoms with Crippen molar-refractivity contribution in [2.75, 3.05) is 0 Å². The monoisotopic (exact) mass is 226 g/mol. The van der Waals surface area contributed by atoms with Crippen LogP contribution in [-0.4, -0.2) is 9.55 Å². The van der Waals surface area contributed by atoms with E-state index in [9.17, 15) is 13.2 Å². The number of halogens is 3. The highest BCUT2D eigenvalue weighted by molar-refractivity contribution is 5.58. The molecule has 0 fully saturated rings. The first kappa shape index (κ1) is 10.7. The van der Waals surface area contributed by atoms with Gasteiger partial charge in [-0.2, -0.15) is 13.2 Å². The van der Waals surface area contributed by atoms with Gasteiger partial charge in [-0.1, -0.05) is 12.1 Å². The van der Waals surface area contributed by atoms with Crippen LogP contribution in [0, 0.1) is 0 Å². The van der Waals surface area contributed by atoms with Gasteiger partial charge in [-0.25, -0.2) is 4.98 Å². The van der Waals surface area contributed by atoms with E-state index in [2.05, 4.69) is 4.98 Å². The van der Waals surface area contributed by atoms with E-state index < -0.39 is 11.7 Å². The van der Waals surface area contributed by atoms with Crippen molar-refractivity contribution in [1.82, 2.24) is 9.55 Å². The van der Waals surface area contributed by atoms with Crippen LogP contribution in [0.4, 0.5) is 13.2 Å². The molecule has 0 aliphatic carbocycles. The van der Waals surface area contributed by atoms with E-state index in [4.69, 9.17) is 0 Å². The molecule has 0 N–H and O–H groups in total. The van der Waals surface area contributed by atoms with Crippen LogP contribution in [0.1, 0.15) is 5.56 Å². The summed E-state index contributed by atoms with van der Waals surface area (Å²) in [5.74, 6) is 0. The number of imidazole rings is 1. The van der Waals surface area contributed by atoms with Crippen molar-refractivity contribution < 1.29 is 13.2 Å². The molecule has 0 aliphatic heterocycles. The van der Waals surface area contributed by atoms with Crippen LogP contribution >= 0.6 is 0 Å². The highest BCUT2D eigenvalue weighted by atomic mass is 19.4. The van der Waals surface area contributed by atoms with Gasteiger partial charge in [0.1, 0.15) is 0 Å².